The number of benzene rings is 1. The second kappa shape index (κ2) is 7.01. The molecule has 4 nitrogen and oxygen atoms in total. The molecule has 18 heavy (non-hydrogen) atoms. The van der Waals surface area contributed by atoms with E-state index in [1.165, 1.54) is 16.7 Å². The summed E-state index contributed by atoms with van der Waals surface area (Å²) in [5, 5.41) is 11.5. The number of rotatable bonds is 6. The molecule has 0 aliphatic heterocycles. The van der Waals surface area contributed by atoms with Crippen molar-refractivity contribution in [3.8, 4) is 0 Å². The lowest BCUT2D eigenvalue weighted by Gasteiger charge is -2.21. The maximum Gasteiger partial charge on any atom is 0.140 e. The Bertz CT molecular complexity index is 416. The average Bonchev–Trinajstić information content (AvgIpc) is 2.37. The molecule has 0 aliphatic rings. The van der Waals surface area contributed by atoms with Crippen molar-refractivity contribution in [2.24, 2.45) is 10.9 Å². The van der Waals surface area contributed by atoms with Gasteiger partial charge in [0.05, 0.1) is 0 Å². The van der Waals surface area contributed by atoms with Crippen LogP contribution >= 0.6 is 0 Å². The van der Waals surface area contributed by atoms with Crippen LogP contribution in [0, 0.1) is 13.8 Å². The number of hydrogen-bond acceptors (Lipinski definition) is 3. The standard InChI is InChI=1S/C14H23N3O/c1-4-17(8-7-14(15)16-18)10-13-9-11(2)5-6-12(13)3/h5-6,9,18H,4,7-8,10H2,1-3H3,(H2,15,16). The van der Waals surface area contributed by atoms with Gasteiger partial charge in [0.1, 0.15) is 5.84 Å². The van der Waals surface area contributed by atoms with Crippen LogP contribution in [0.15, 0.2) is 23.4 Å². The van der Waals surface area contributed by atoms with Crippen LogP contribution in [-0.4, -0.2) is 29.0 Å². The maximum absolute atomic E-state index is 8.54. The third kappa shape index (κ3) is 4.37. The smallest absolute Gasteiger partial charge is 0.140 e. The summed E-state index contributed by atoms with van der Waals surface area (Å²) >= 11 is 0. The van der Waals surface area contributed by atoms with Gasteiger partial charge in [-0.1, -0.05) is 35.8 Å². The molecule has 100 valence electrons. The lowest BCUT2D eigenvalue weighted by Crippen LogP contribution is -2.28. The van der Waals surface area contributed by atoms with Crippen LogP contribution in [0.25, 0.3) is 0 Å². The zero-order valence-electron chi connectivity index (χ0n) is 11.5. The fourth-order valence-electron chi connectivity index (χ4n) is 1.88. The van der Waals surface area contributed by atoms with E-state index in [1.807, 2.05) is 0 Å². The summed E-state index contributed by atoms with van der Waals surface area (Å²) in [6, 6.07) is 6.51. The highest BCUT2D eigenvalue weighted by atomic mass is 16.4. The van der Waals surface area contributed by atoms with Crippen LogP contribution in [0.2, 0.25) is 0 Å². The number of aryl methyl sites for hydroxylation is 2. The molecule has 0 fully saturated rings. The van der Waals surface area contributed by atoms with E-state index in [1.54, 1.807) is 0 Å². The lowest BCUT2D eigenvalue weighted by atomic mass is 10.1. The monoisotopic (exact) mass is 249 g/mol. The molecule has 3 N–H and O–H groups in total. The number of oxime groups is 1. The SMILES string of the molecule is CCN(CC/C(N)=N/O)Cc1cc(C)ccc1C. The van der Waals surface area contributed by atoms with E-state index in [9.17, 15) is 0 Å². The quantitative estimate of drug-likeness (QED) is 0.352. The molecule has 0 spiro atoms. The second-order valence-corrected chi connectivity index (χ2v) is 4.64. The van der Waals surface area contributed by atoms with Crippen LogP contribution in [0.5, 0.6) is 0 Å². The highest BCUT2D eigenvalue weighted by Gasteiger charge is 2.07. The lowest BCUT2D eigenvalue weighted by molar-refractivity contribution is 0.282. The molecule has 0 aliphatic carbocycles. The van der Waals surface area contributed by atoms with E-state index in [0.29, 0.717) is 6.42 Å². The Hall–Kier alpha value is -1.55. The molecule has 1 aromatic carbocycles. The molecule has 0 aromatic heterocycles. The van der Waals surface area contributed by atoms with Crippen molar-refractivity contribution in [1.82, 2.24) is 4.90 Å². The molecule has 4 heteroatoms. The number of hydrogen-bond donors (Lipinski definition) is 2. The Kier molecular flexibility index (Phi) is 5.65. The molecular formula is C14H23N3O. The minimum absolute atomic E-state index is 0.286. The van der Waals surface area contributed by atoms with Crippen molar-refractivity contribution < 1.29 is 5.21 Å². The van der Waals surface area contributed by atoms with Crippen molar-refractivity contribution in [2.45, 2.75) is 33.7 Å². The van der Waals surface area contributed by atoms with Crippen molar-refractivity contribution in [3.05, 3.63) is 34.9 Å². The maximum atomic E-state index is 8.54. The molecule has 0 heterocycles. The first-order valence-electron chi connectivity index (χ1n) is 6.31. The van der Waals surface area contributed by atoms with Gasteiger partial charge in [-0.25, -0.2) is 0 Å². The van der Waals surface area contributed by atoms with E-state index < -0.39 is 0 Å². The minimum atomic E-state index is 0.286. The number of nitrogens with zero attached hydrogens (tertiary/aromatic N) is 2. The molecule has 0 saturated heterocycles. The molecular weight excluding hydrogens is 226 g/mol. The molecule has 0 radical (unpaired) electrons. The molecule has 1 aromatic rings. The minimum Gasteiger partial charge on any atom is -0.409 e. The van der Waals surface area contributed by atoms with E-state index in [4.69, 9.17) is 10.9 Å². The highest BCUT2D eigenvalue weighted by Crippen LogP contribution is 2.13. The molecule has 0 unspecified atom stereocenters. The Morgan fingerprint density at radius 2 is 2.11 bits per heavy atom. The molecule has 0 amide bonds. The van der Waals surface area contributed by atoms with Gasteiger partial charge < -0.3 is 10.9 Å². The van der Waals surface area contributed by atoms with Gasteiger partial charge in [-0.3, -0.25) is 4.90 Å². The Morgan fingerprint density at radius 1 is 1.39 bits per heavy atom. The summed E-state index contributed by atoms with van der Waals surface area (Å²) in [6.45, 7) is 9.02. The molecule has 0 atom stereocenters. The van der Waals surface area contributed by atoms with Crippen molar-refractivity contribution in [2.75, 3.05) is 13.1 Å². The van der Waals surface area contributed by atoms with Gasteiger partial charge in [0.25, 0.3) is 0 Å². The Balaban J connectivity index is 2.65. The summed E-state index contributed by atoms with van der Waals surface area (Å²) in [5.41, 5.74) is 9.43. The van der Waals surface area contributed by atoms with Crippen LogP contribution in [0.4, 0.5) is 0 Å². The third-order valence-corrected chi connectivity index (χ3v) is 3.16. The van der Waals surface area contributed by atoms with Crippen molar-refractivity contribution >= 4 is 5.84 Å². The highest BCUT2D eigenvalue weighted by molar-refractivity contribution is 5.79. The summed E-state index contributed by atoms with van der Waals surface area (Å²) in [4.78, 5) is 2.29. The first-order valence-corrected chi connectivity index (χ1v) is 6.31. The number of nitrogens with two attached hydrogens (primary N) is 1. The first kappa shape index (κ1) is 14.5. The zero-order chi connectivity index (χ0) is 13.5. The van der Waals surface area contributed by atoms with Gasteiger partial charge in [0.15, 0.2) is 0 Å². The van der Waals surface area contributed by atoms with Gasteiger partial charge in [-0.2, -0.15) is 0 Å². The van der Waals surface area contributed by atoms with Crippen LogP contribution in [0.3, 0.4) is 0 Å². The van der Waals surface area contributed by atoms with E-state index >= 15 is 0 Å². The van der Waals surface area contributed by atoms with E-state index in [-0.39, 0.29) is 5.84 Å². The first-order chi connectivity index (χ1) is 8.56. The van der Waals surface area contributed by atoms with Gasteiger partial charge >= 0.3 is 0 Å². The topological polar surface area (TPSA) is 61.8 Å². The average molecular weight is 249 g/mol. The summed E-state index contributed by atoms with van der Waals surface area (Å²) in [6.07, 6.45) is 0.592. The van der Waals surface area contributed by atoms with Crippen LogP contribution in [0.1, 0.15) is 30.0 Å². The fraction of sp³-hybridized carbons (Fsp3) is 0.500. The largest absolute Gasteiger partial charge is 0.409 e. The van der Waals surface area contributed by atoms with Gasteiger partial charge in [-0.05, 0) is 31.5 Å². The Morgan fingerprint density at radius 3 is 2.72 bits per heavy atom. The zero-order valence-corrected chi connectivity index (χ0v) is 11.5. The molecule has 0 bridgehead atoms. The normalized spacial score (nSPS) is 12.1. The third-order valence-electron chi connectivity index (χ3n) is 3.16. The predicted octanol–water partition coefficient (Wildman–Crippen LogP) is 2.26. The summed E-state index contributed by atoms with van der Waals surface area (Å²) in [7, 11) is 0. The molecule has 1 rings (SSSR count). The van der Waals surface area contributed by atoms with Gasteiger partial charge in [0, 0.05) is 19.5 Å². The van der Waals surface area contributed by atoms with Gasteiger partial charge in [0.2, 0.25) is 0 Å². The summed E-state index contributed by atoms with van der Waals surface area (Å²) < 4.78 is 0. The van der Waals surface area contributed by atoms with Crippen molar-refractivity contribution in [3.63, 3.8) is 0 Å². The van der Waals surface area contributed by atoms with Crippen molar-refractivity contribution in [1.29, 1.82) is 0 Å². The van der Waals surface area contributed by atoms with Crippen LogP contribution < -0.4 is 5.73 Å². The molecule has 0 saturated carbocycles. The van der Waals surface area contributed by atoms with E-state index in [2.05, 4.69) is 49.0 Å². The van der Waals surface area contributed by atoms with E-state index in [0.717, 1.165) is 19.6 Å². The van der Waals surface area contributed by atoms with Gasteiger partial charge in [-0.15, -0.1) is 0 Å². The summed E-state index contributed by atoms with van der Waals surface area (Å²) in [5.74, 6) is 0.286. The Labute approximate surface area is 109 Å². The predicted molar refractivity (Wildman–Crippen MR) is 74.9 cm³/mol. The second-order valence-electron chi connectivity index (χ2n) is 4.64. The van der Waals surface area contributed by atoms with Crippen LogP contribution in [-0.2, 0) is 6.54 Å². The fourth-order valence-corrected chi connectivity index (χ4v) is 1.88. The number of amidine groups is 1.